The van der Waals surface area contributed by atoms with Gasteiger partial charge < -0.3 is 4.74 Å². The second-order valence-corrected chi connectivity index (χ2v) is 5.78. The van der Waals surface area contributed by atoms with Crippen LogP contribution in [0.4, 0.5) is 10.1 Å². The molecule has 7 heteroatoms. The maximum absolute atomic E-state index is 12.4. The van der Waals surface area contributed by atoms with Crippen LogP contribution in [0.1, 0.15) is 20.3 Å². The van der Waals surface area contributed by atoms with E-state index < -0.39 is 12.6 Å². The highest BCUT2D eigenvalue weighted by Gasteiger charge is 2.37. The first-order valence-corrected chi connectivity index (χ1v) is 7.33. The summed E-state index contributed by atoms with van der Waals surface area (Å²) in [5.41, 5.74) is 1.41. The smallest absolute Gasteiger partial charge is 0.261 e. The Morgan fingerprint density at radius 1 is 1.27 bits per heavy atom. The molecule has 0 unspecified atom stereocenters. The Labute approximate surface area is 137 Å². The third-order valence-corrected chi connectivity index (χ3v) is 3.82. The van der Waals surface area contributed by atoms with Gasteiger partial charge in [-0.05, 0) is 19.9 Å². The molecule has 1 aromatic rings. The minimum Gasteiger partial charge on any atom is -0.489 e. The van der Waals surface area contributed by atoms with E-state index in [1.807, 2.05) is 0 Å². The van der Waals surface area contributed by atoms with Gasteiger partial charge in [0.1, 0.15) is 19.0 Å². The first-order valence-electron chi connectivity index (χ1n) is 6.58. The molecule has 4 nitrogen and oxygen atoms in total. The highest BCUT2D eigenvalue weighted by atomic mass is 35.5. The van der Waals surface area contributed by atoms with Crippen LogP contribution in [0.25, 0.3) is 0 Å². The molecule has 0 aliphatic carbocycles. The summed E-state index contributed by atoms with van der Waals surface area (Å²) in [6.45, 7) is 2.67. The summed E-state index contributed by atoms with van der Waals surface area (Å²) in [5.74, 6) is -0.613. The molecule has 0 atom stereocenters. The van der Waals surface area contributed by atoms with E-state index in [2.05, 4.69) is 0 Å². The maximum Gasteiger partial charge on any atom is 0.261 e. The van der Waals surface area contributed by atoms with E-state index >= 15 is 0 Å². The molecule has 0 saturated carbocycles. The Morgan fingerprint density at radius 2 is 1.95 bits per heavy atom. The van der Waals surface area contributed by atoms with Crippen molar-refractivity contribution in [2.45, 2.75) is 20.3 Å². The number of carbonyl (C=O) groups is 2. The van der Waals surface area contributed by atoms with Crippen molar-refractivity contribution in [2.24, 2.45) is 0 Å². The summed E-state index contributed by atoms with van der Waals surface area (Å²) in [4.78, 5) is 25.5. The van der Waals surface area contributed by atoms with E-state index in [1.165, 1.54) is 12.1 Å². The number of amides is 2. The fourth-order valence-electron chi connectivity index (χ4n) is 2.14. The van der Waals surface area contributed by atoms with Gasteiger partial charge in [0.15, 0.2) is 0 Å². The van der Waals surface area contributed by atoms with Crippen molar-refractivity contribution in [2.75, 3.05) is 18.2 Å². The van der Waals surface area contributed by atoms with Crippen LogP contribution in [0.15, 0.2) is 23.3 Å². The quantitative estimate of drug-likeness (QED) is 0.613. The minimum atomic E-state index is -0.683. The monoisotopic (exact) mass is 345 g/mol. The summed E-state index contributed by atoms with van der Waals surface area (Å²) >= 11 is 12.1. The molecule has 1 aromatic carbocycles. The lowest BCUT2D eigenvalue weighted by molar-refractivity contribution is -0.120. The summed E-state index contributed by atoms with van der Waals surface area (Å²) in [5, 5.41) is 0.332. The lowest BCUT2D eigenvalue weighted by atomic mass is 10.1. The van der Waals surface area contributed by atoms with E-state index in [0.29, 0.717) is 5.57 Å². The number of hydrogen-bond donors (Lipinski definition) is 0. The fourth-order valence-corrected chi connectivity index (χ4v) is 2.66. The Morgan fingerprint density at radius 3 is 2.50 bits per heavy atom. The van der Waals surface area contributed by atoms with Gasteiger partial charge in [-0.25, -0.2) is 9.29 Å². The molecule has 1 aliphatic rings. The standard InChI is InChI=1S/C15H14Cl2FNO3/c1-8(2)9-5-14(20)19(15(9)21)12-7-13(22-4-3-18)11(17)6-10(12)16/h6-7H,3-5H2,1-2H3. The van der Waals surface area contributed by atoms with Gasteiger partial charge in [0.05, 0.1) is 22.2 Å². The van der Waals surface area contributed by atoms with Gasteiger partial charge in [0.25, 0.3) is 5.91 Å². The number of benzene rings is 1. The molecular weight excluding hydrogens is 332 g/mol. The zero-order valence-electron chi connectivity index (χ0n) is 12.1. The SMILES string of the molecule is CC(C)=C1CC(=O)N(c2cc(OCCF)c(Cl)cc2Cl)C1=O. The fraction of sp³-hybridized carbons (Fsp3) is 0.333. The number of carbonyl (C=O) groups excluding carboxylic acids is 2. The number of allylic oxidation sites excluding steroid dienone is 1. The summed E-state index contributed by atoms with van der Waals surface area (Å²) in [7, 11) is 0. The van der Waals surface area contributed by atoms with Gasteiger partial charge in [-0.15, -0.1) is 0 Å². The van der Waals surface area contributed by atoms with Gasteiger partial charge in [0.2, 0.25) is 5.91 Å². The van der Waals surface area contributed by atoms with Crippen LogP contribution in [0.2, 0.25) is 10.0 Å². The van der Waals surface area contributed by atoms with Crippen LogP contribution in [-0.4, -0.2) is 25.1 Å². The van der Waals surface area contributed by atoms with Crippen molar-refractivity contribution in [3.05, 3.63) is 33.3 Å². The number of hydrogen-bond acceptors (Lipinski definition) is 3. The van der Waals surface area contributed by atoms with Crippen molar-refractivity contribution in [3.8, 4) is 5.75 Å². The number of anilines is 1. The average molecular weight is 346 g/mol. The van der Waals surface area contributed by atoms with Crippen LogP contribution >= 0.6 is 23.2 Å². The molecule has 0 radical (unpaired) electrons. The minimum absolute atomic E-state index is 0.0286. The molecule has 1 saturated heterocycles. The topological polar surface area (TPSA) is 46.6 Å². The summed E-state index contributed by atoms with van der Waals surface area (Å²) < 4.78 is 17.4. The molecule has 0 aromatic heterocycles. The van der Waals surface area contributed by atoms with Crippen molar-refractivity contribution < 1.29 is 18.7 Å². The maximum atomic E-state index is 12.4. The third kappa shape index (κ3) is 3.10. The number of imide groups is 1. The van der Waals surface area contributed by atoms with E-state index in [4.69, 9.17) is 27.9 Å². The van der Waals surface area contributed by atoms with E-state index in [0.717, 1.165) is 10.5 Å². The lowest BCUT2D eigenvalue weighted by Gasteiger charge is -2.17. The highest BCUT2D eigenvalue weighted by molar-refractivity contribution is 6.39. The Kier molecular flexibility index (Phi) is 5.08. The number of alkyl halides is 1. The number of nitrogens with zero attached hydrogens (tertiary/aromatic N) is 1. The van der Waals surface area contributed by atoms with Gasteiger partial charge in [-0.2, -0.15) is 0 Å². The molecule has 118 valence electrons. The zero-order valence-corrected chi connectivity index (χ0v) is 13.6. The first-order chi connectivity index (χ1) is 10.4. The predicted octanol–water partition coefficient (Wildman–Crippen LogP) is 3.94. The first kappa shape index (κ1) is 16.8. The van der Waals surface area contributed by atoms with E-state index in [9.17, 15) is 14.0 Å². The molecule has 2 amide bonds. The molecule has 1 aliphatic heterocycles. The van der Waals surface area contributed by atoms with Crippen LogP contribution in [0, 0.1) is 0 Å². The van der Waals surface area contributed by atoms with Gasteiger partial charge in [-0.3, -0.25) is 9.59 Å². The van der Waals surface area contributed by atoms with E-state index in [-0.39, 0.29) is 40.4 Å². The summed E-state index contributed by atoms with van der Waals surface area (Å²) in [6, 6.07) is 2.75. The van der Waals surface area contributed by atoms with Gasteiger partial charge >= 0.3 is 0 Å². The zero-order chi connectivity index (χ0) is 16.4. The Balaban J connectivity index is 2.46. The predicted molar refractivity (Wildman–Crippen MR) is 83.4 cm³/mol. The third-order valence-electron chi connectivity index (χ3n) is 3.22. The molecular formula is C15H14Cl2FNO3. The summed E-state index contributed by atoms with van der Waals surface area (Å²) in [6.07, 6.45) is 0.0286. The number of ether oxygens (including phenoxy) is 1. The highest BCUT2D eigenvalue weighted by Crippen LogP contribution is 2.39. The average Bonchev–Trinajstić information content (AvgIpc) is 2.74. The molecule has 0 spiro atoms. The molecule has 1 heterocycles. The van der Waals surface area contributed by atoms with Gasteiger partial charge in [-0.1, -0.05) is 28.8 Å². The van der Waals surface area contributed by atoms with Crippen molar-refractivity contribution >= 4 is 40.7 Å². The van der Waals surface area contributed by atoms with Crippen LogP contribution in [-0.2, 0) is 9.59 Å². The molecule has 0 N–H and O–H groups in total. The number of halogens is 3. The van der Waals surface area contributed by atoms with Crippen LogP contribution in [0.5, 0.6) is 5.75 Å². The van der Waals surface area contributed by atoms with Crippen LogP contribution in [0.3, 0.4) is 0 Å². The molecule has 2 rings (SSSR count). The van der Waals surface area contributed by atoms with Gasteiger partial charge in [0, 0.05) is 11.6 Å². The molecule has 1 fully saturated rings. The van der Waals surface area contributed by atoms with Crippen LogP contribution < -0.4 is 9.64 Å². The Bertz CT molecular complexity index is 669. The Hall–Kier alpha value is -1.59. The lowest BCUT2D eigenvalue weighted by Crippen LogP contribution is -2.29. The van der Waals surface area contributed by atoms with Crippen molar-refractivity contribution in [1.29, 1.82) is 0 Å². The van der Waals surface area contributed by atoms with E-state index in [1.54, 1.807) is 13.8 Å². The second kappa shape index (κ2) is 6.67. The molecule has 22 heavy (non-hydrogen) atoms. The normalized spacial score (nSPS) is 14.8. The number of rotatable bonds is 4. The van der Waals surface area contributed by atoms with Crippen molar-refractivity contribution in [1.82, 2.24) is 0 Å². The van der Waals surface area contributed by atoms with Crippen molar-refractivity contribution in [3.63, 3.8) is 0 Å². The second-order valence-electron chi connectivity index (χ2n) is 4.96. The molecule has 0 bridgehead atoms. The largest absolute Gasteiger partial charge is 0.489 e.